The fourth-order valence-electron chi connectivity index (χ4n) is 6.07. The van der Waals surface area contributed by atoms with Crippen molar-refractivity contribution in [3.05, 3.63) is 91.0 Å². The van der Waals surface area contributed by atoms with Crippen molar-refractivity contribution >= 4 is 83.6 Å². The molecule has 3 atom stereocenters. The Morgan fingerprint density at radius 2 is 0.802 bits per heavy atom. The highest BCUT2D eigenvalue weighted by Crippen LogP contribution is 2.11. The van der Waals surface area contributed by atoms with Crippen molar-refractivity contribution in [2.75, 3.05) is 105 Å². The van der Waals surface area contributed by atoms with Gasteiger partial charge in [0.15, 0.2) is 11.9 Å². The Morgan fingerprint density at radius 1 is 0.451 bits per heavy atom. The number of carboxylic acid groups (broad SMARTS) is 3. The molecule has 0 heterocycles. The van der Waals surface area contributed by atoms with Crippen LogP contribution in [0.25, 0.3) is 0 Å². The van der Waals surface area contributed by atoms with E-state index in [1.165, 1.54) is 67.6 Å². The van der Waals surface area contributed by atoms with Gasteiger partial charge in [0.2, 0.25) is 41.9 Å². The van der Waals surface area contributed by atoms with Gasteiger partial charge in [0.05, 0.1) is 53.7 Å². The molecular weight excluding hydrogens is 1260 g/mol. The van der Waals surface area contributed by atoms with Gasteiger partial charge in [-0.1, -0.05) is 81.3 Å². The summed E-state index contributed by atoms with van der Waals surface area (Å²) in [5, 5.41) is 33.4. The van der Waals surface area contributed by atoms with Crippen molar-refractivity contribution in [1.82, 2.24) is 30.1 Å². The van der Waals surface area contributed by atoms with E-state index in [-0.39, 0.29) is 92.6 Å². The van der Waals surface area contributed by atoms with Crippen LogP contribution in [-0.4, -0.2) is 218 Å². The molecule has 0 aliphatic rings. The number of unbranched alkanes of at least 4 members (excludes halogenated alkanes) is 2. The van der Waals surface area contributed by atoms with Crippen LogP contribution in [0.2, 0.25) is 0 Å². The molecule has 3 aromatic carbocycles. The zero-order valence-corrected chi connectivity index (χ0v) is 53.2. The van der Waals surface area contributed by atoms with Gasteiger partial charge in [-0.05, 0) is 62.6 Å². The number of hydrogen-bond acceptors (Lipinski definition) is 21. The molecular formula is C54H86N12O22S3. The average molecular weight is 1350 g/mol. The topological polar surface area (TPSA) is 539 Å². The minimum Gasteiger partial charge on any atom is -0.480 e. The Bertz CT molecular complexity index is 3000. The molecule has 0 spiro atoms. The molecule has 0 saturated carbocycles. The summed E-state index contributed by atoms with van der Waals surface area (Å²) in [5.41, 5.74) is 20.6. The number of nitrogens with one attached hydrogen (secondary N) is 6. The van der Waals surface area contributed by atoms with Crippen molar-refractivity contribution in [2.45, 2.75) is 85.7 Å². The predicted molar refractivity (Wildman–Crippen MR) is 330 cm³/mol. The smallest absolute Gasteiger partial charge is 0.407 e. The van der Waals surface area contributed by atoms with Crippen LogP contribution in [0.4, 0.5) is 4.79 Å². The number of nitrogens with zero attached hydrogens (tertiary/aromatic N) is 2. The maximum absolute atomic E-state index is 12.3. The first kappa shape index (κ1) is 83.0. The first-order valence-corrected chi connectivity index (χ1v) is 32.4. The number of carbonyl (C=O) groups excluding carboxylic acids is 4. The molecule has 3 amide bonds. The molecule has 0 aromatic heterocycles. The number of hydrogen-bond donors (Lipinski definition) is 13. The first-order valence-electron chi connectivity index (χ1n) is 27.9. The van der Waals surface area contributed by atoms with Crippen LogP contribution in [0.5, 0.6) is 0 Å². The molecule has 17 N–H and O–H groups in total. The number of ether oxygens (including phenoxy) is 6. The predicted octanol–water partition coefficient (Wildman–Crippen LogP) is -1.59. The van der Waals surface area contributed by atoms with E-state index in [0.29, 0.717) is 32.7 Å². The first-order chi connectivity index (χ1) is 43.1. The minimum absolute atomic E-state index is 0.0350. The number of rotatable bonds is 43. The lowest BCUT2D eigenvalue weighted by molar-refractivity contribution is -0.142. The third kappa shape index (κ3) is 43.4. The number of nitrogens with two attached hydrogens (primary N) is 4. The molecule has 0 bridgehead atoms. The van der Waals surface area contributed by atoms with E-state index in [1.807, 2.05) is 23.3 Å². The second-order valence-electron chi connectivity index (χ2n) is 18.3. The van der Waals surface area contributed by atoms with E-state index in [2.05, 4.69) is 30.7 Å². The Morgan fingerprint density at radius 3 is 1.21 bits per heavy atom. The zero-order chi connectivity index (χ0) is 68.5. The van der Waals surface area contributed by atoms with Gasteiger partial charge in [0.25, 0.3) is 0 Å². The summed E-state index contributed by atoms with van der Waals surface area (Å²) in [6, 6.07) is 18.1. The highest BCUT2D eigenvalue weighted by molar-refractivity contribution is 7.90. The highest BCUT2D eigenvalue weighted by Gasteiger charge is 2.28. The molecule has 37 heteroatoms. The molecule has 3 rings (SSSR count). The molecule has 0 saturated heterocycles. The maximum Gasteiger partial charge on any atom is 0.407 e. The van der Waals surface area contributed by atoms with E-state index < -0.39 is 103 Å². The molecule has 3 unspecified atom stereocenters. The van der Waals surface area contributed by atoms with Gasteiger partial charge in [-0.15, -0.1) is 0 Å². The number of amides is 3. The van der Waals surface area contributed by atoms with Crippen molar-refractivity contribution in [3.8, 4) is 0 Å². The number of carboxylic acids is 3. The second-order valence-corrected chi connectivity index (χ2v) is 23.5. The third-order valence-electron chi connectivity index (χ3n) is 10.7. The van der Waals surface area contributed by atoms with E-state index in [4.69, 9.17) is 56.5 Å². The third-order valence-corrected chi connectivity index (χ3v) is 15.1. The molecule has 0 aliphatic heterocycles. The van der Waals surface area contributed by atoms with Gasteiger partial charge in [-0.2, -0.15) is 14.2 Å². The van der Waals surface area contributed by atoms with Crippen molar-refractivity contribution in [2.24, 2.45) is 32.9 Å². The van der Waals surface area contributed by atoms with E-state index in [0.717, 1.165) is 25.7 Å². The number of aliphatic carboxylic acids is 3. The van der Waals surface area contributed by atoms with Gasteiger partial charge >= 0.3 is 24.0 Å². The maximum atomic E-state index is 12.3. The van der Waals surface area contributed by atoms with Gasteiger partial charge in [-0.25, -0.2) is 34.8 Å². The fourth-order valence-corrected chi connectivity index (χ4v) is 9.77. The van der Waals surface area contributed by atoms with Gasteiger partial charge in [-0.3, -0.25) is 34.0 Å². The minimum atomic E-state index is -4.04. The van der Waals surface area contributed by atoms with E-state index in [9.17, 15) is 69.0 Å². The molecule has 91 heavy (non-hydrogen) atoms. The number of carbonyl (C=O) groups is 7. The summed E-state index contributed by atoms with van der Waals surface area (Å²) >= 11 is 0. The molecule has 0 radical (unpaired) electrons. The normalized spacial score (nSPS) is 11.9. The largest absolute Gasteiger partial charge is 0.480 e. The Balaban J connectivity index is 0.00000125. The SMILES string of the molecule is CCCCOCC(=O)O.CCCCOCCOC(=O)NCC(NS(=O)(=O)c1ccccc1)C(C)=O.NC(N)=NCCCOCC(=O)NCC(NS(=O)(=O)c1ccccc1)C(=O)O.NC(N)=NCCOCCOCC(=O)NCC(NS(=O)(=O)c1ccccc1)C(=O)O. The second kappa shape index (κ2) is 48.8. The van der Waals surface area contributed by atoms with Crippen LogP contribution in [0, 0.1) is 0 Å². The summed E-state index contributed by atoms with van der Waals surface area (Å²) in [4.78, 5) is 86.4. The van der Waals surface area contributed by atoms with Crippen LogP contribution in [-0.2, 0) is 87.3 Å². The number of guanidine groups is 2. The summed E-state index contributed by atoms with van der Waals surface area (Å²) < 4.78 is 110. The Kier molecular flexibility index (Phi) is 44.5. The standard InChI is InChI=1S/C17H26N2O6S.C16H25N5O7S.C15H23N5O6S.C6H12O3/c1-3-4-10-24-11-12-25-17(21)18-13-16(14(2)20)19-26(22,23)15-8-6-5-7-9-15;17-16(18)19-6-7-27-8-9-28-11-14(22)20-10-13(15(23)24)21-29(25,26)12-4-2-1-3-5-12;16-15(17)18-7-4-8-26-10-13(21)19-9-12(14(22)23)20-27(24,25)11-5-2-1-3-6-11;1-2-3-4-9-5-6(7)8/h5-9,16,19H,3-4,10-13H2,1-2H3,(H,18,21);1-5,13,21H,6-11H2,(H,20,22)(H,23,24)(H4,17,18,19);1-3,5-6,12,20H,4,7-10H2,(H,19,21)(H,22,23)(H4,16,17,18);2-5H2,1H3,(H,7,8). The number of ketones is 1. The van der Waals surface area contributed by atoms with Crippen molar-refractivity contribution < 1.29 is 103 Å². The lowest BCUT2D eigenvalue weighted by Crippen LogP contribution is -2.48. The van der Waals surface area contributed by atoms with Crippen LogP contribution >= 0.6 is 0 Å². The highest BCUT2D eigenvalue weighted by atomic mass is 32.2. The Hall–Kier alpha value is -7.98. The molecule has 0 fully saturated rings. The number of Topliss-reactive ketones (excluding diaryl/α,β-unsaturated/α-hetero) is 1. The van der Waals surface area contributed by atoms with E-state index >= 15 is 0 Å². The monoisotopic (exact) mass is 1350 g/mol. The van der Waals surface area contributed by atoms with Crippen molar-refractivity contribution in [1.29, 1.82) is 0 Å². The molecule has 512 valence electrons. The van der Waals surface area contributed by atoms with E-state index in [1.54, 1.807) is 30.3 Å². The van der Waals surface area contributed by atoms with Crippen LogP contribution in [0.1, 0.15) is 52.9 Å². The molecule has 3 aromatic rings. The summed E-state index contributed by atoms with van der Waals surface area (Å²) in [6.45, 7) is 6.45. The average Bonchev–Trinajstić information content (AvgIpc) is 1.67. The number of benzene rings is 3. The number of sulfonamides is 3. The van der Waals surface area contributed by atoms with Crippen molar-refractivity contribution in [3.63, 3.8) is 0 Å². The quantitative estimate of drug-likeness (QED) is 0.0173. The number of alkyl carbamates (subject to hydrolysis) is 1. The fraction of sp³-hybridized carbons (Fsp3) is 0.500. The van der Waals surface area contributed by atoms with Gasteiger partial charge < -0.3 is 82.6 Å². The lowest BCUT2D eigenvalue weighted by atomic mass is 10.2. The molecule has 34 nitrogen and oxygen atoms in total. The number of aliphatic imine (C=N–C) groups is 2. The summed E-state index contributed by atoms with van der Waals surface area (Å²) in [6.07, 6.45) is 3.70. The van der Waals surface area contributed by atoms with Crippen LogP contribution < -0.4 is 53.1 Å². The summed E-state index contributed by atoms with van der Waals surface area (Å²) in [7, 11) is -11.9. The Labute approximate surface area is 529 Å². The molecule has 0 aliphatic carbocycles. The summed E-state index contributed by atoms with van der Waals surface area (Å²) in [5.74, 6) is -5.43. The van der Waals surface area contributed by atoms with Crippen LogP contribution in [0.3, 0.4) is 0 Å². The lowest BCUT2D eigenvalue weighted by Gasteiger charge is -2.17. The van der Waals surface area contributed by atoms with Crippen LogP contribution in [0.15, 0.2) is 116 Å². The zero-order valence-electron chi connectivity index (χ0n) is 50.8. The van der Waals surface area contributed by atoms with Gasteiger partial charge in [0, 0.05) is 46.0 Å². The van der Waals surface area contributed by atoms with Gasteiger partial charge in [0.1, 0.15) is 44.3 Å².